The Morgan fingerprint density at radius 2 is 1.97 bits per heavy atom. The predicted octanol–water partition coefficient (Wildman–Crippen LogP) is 4.28. The highest BCUT2D eigenvalue weighted by Gasteiger charge is 2.22. The van der Waals surface area contributed by atoms with Crippen molar-refractivity contribution in [1.82, 2.24) is 4.90 Å². The molecule has 3 aromatic rings. The summed E-state index contributed by atoms with van der Waals surface area (Å²) in [6, 6.07) is 15.1. The van der Waals surface area contributed by atoms with E-state index in [2.05, 4.69) is 5.32 Å². The highest BCUT2D eigenvalue weighted by Crippen LogP contribution is 2.28. The van der Waals surface area contributed by atoms with Crippen LogP contribution >= 0.6 is 11.3 Å². The van der Waals surface area contributed by atoms with Gasteiger partial charge in [-0.1, -0.05) is 18.2 Å². The van der Waals surface area contributed by atoms with Crippen LogP contribution in [0.2, 0.25) is 0 Å². The molecule has 0 saturated heterocycles. The van der Waals surface area contributed by atoms with E-state index < -0.39 is 0 Å². The van der Waals surface area contributed by atoms with Crippen molar-refractivity contribution in [2.75, 3.05) is 25.6 Å². The normalized spacial score (nSPS) is 12.8. The number of thiophene rings is 1. The highest BCUT2D eigenvalue weighted by atomic mass is 32.1. The Balaban J connectivity index is 1.38. The number of nitrogens with zero attached hydrogens (tertiary/aromatic N) is 1. The number of anilines is 1. The lowest BCUT2D eigenvalue weighted by molar-refractivity contribution is -0.118. The molecule has 6 nitrogen and oxygen atoms in total. The molecule has 2 aromatic carbocycles. The fourth-order valence-corrected chi connectivity index (χ4v) is 4.29. The number of methoxy groups -OCH3 is 1. The van der Waals surface area contributed by atoms with Crippen molar-refractivity contribution in [2.24, 2.45) is 0 Å². The first kappa shape index (κ1) is 20.9. The second-order valence-electron chi connectivity index (χ2n) is 7.43. The van der Waals surface area contributed by atoms with Gasteiger partial charge in [0.2, 0.25) is 0 Å². The molecule has 160 valence electrons. The van der Waals surface area contributed by atoms with Crippen molar-refractivity contribution in [3.05, 3.63) is 75.5 Å². The van der Waals surface area contributed by atoms with Gasteiger partial charge in [-0.05, 0) is 65.7 Å². The number of carbonyl (C=O) groups is 2. The molecule has 2 amide bonds. The van der Waals surface area contributed by atoms with Crippen LogP contribution in [0, 0.1) is 6.92 Å². The van der Waals surface area contributed by atoms with E-state index in [1.165, 1.54) is 16.9 Å². The van der Waals surface area contributed by atoms with Gasteiger partial charge in [0, 0.05) is 18.8 Å². The van der Waals surface area contributed by atoms with Gasteiger partial charge >= 0.3 is 0 Å². The molecule has 1 aliphatic rings. The number of hydrogen-bond acceptors (Lipinski definition) is 5. The SMILES string of the molecule is COc1cc(C)ccc1OCC(=O)Nc1ccc2c(c1)CN(C(=O)c1cccs1)CC2. The van der Waals surface area contributed by atoms with Crippen LogP contribution in [0.1, 0.15) is 26.4 Å². The van der Waals surface area contributed by atoms with Gasteiger partial charge in [0.15, 0.2) is 18.1 Å². The minimum absolute atomic E-state index is 0.0514. The number of aryl methyl sites for hydroxylation is 1. The standard InChI is InChI=1S/C24H24N2O4S/c1-16-5-8-20(21(12-16)29-2)30-15-23(27)25-19-7-6-17-9-10-26(14-18(17)13-19)24(28)22-4-3-11-31-22/h3-8,11-13H,9-10,14-15H2,1-2H3,(H,25,27). The van der Waals surface area contributed by atoms with Crippen molar-refractivity contribution in [2.45, 2.75) is 19.9 Å². The lowest BCUT2D eigenvalue weighted by Gasteiger charge is -2.29. The first-order valence-corrected chi connectivity index (χ1v) is 10.9. The Hall–Kier alpha value is -3.32. The maximum absolute atomic E-state index is 12.7. The molecule has 0 saturated carbocycles. The summed E-state index contributed by atoms with van der Waals surface area (Å²) < 4.78 is 10.9. The van der Waals surface area contributed by atoms with E-state index in [0.29, 0.717) is 30.3 Å². The molecule has 1 aliphatic heterocycles. The minimum atomic E-state index is -0.259. The Labute approximate surface area is 185 Å². The molecular weight excluding hydrogens is 412 g/mol. The first-order chi connectivity index (χ1) is 15.0. The van der Waals surface area contributed by atoms with Crippen molar-refractivity contribution in [3.63, 3.8) is 0 Å². The predicted molar refractivity (Wildman–Crippen MR) is 121 cm³/mol. The molecule has 0 spiro atoms. The van der Waals surface area contributed by atoms with Gasteiger partial charge in [-0.25, -0.2) is 0 Å². The van der Waals surface area contributed by atoms with Gasteiger partial charge in [0.05, 0.1) is 12.0 Å². The van der Waals surface area contributed by atoms with Gasteiger partial charge in [-0.15, -0.1) is 11.3 Å². The molecule has 31 heavy (non-hydrogen) atoms. The number of ether oxygens (including phenoxy) is 2. The average Bonchev–Trinajstić information content (AvgIpc) is 3.32. The largest absolute Gasteiger partial charge is 0.493 e. The molecular formula is C24H24N2O4S. The van der Waals surface area contributed by atoms with Crippen molar-refractivity contribution in [3.8, 4) is 11.5 Å². The van der Waals surface area contributed by atoms with E-state index >= 15 is 0 Å². The number of nitrogens with one attached hydrogen (secondary N) is 1. The molecule has 0 aliphatic carbocycles. The summed E-state index contributed by atoms with van der Waals surface area (Å²) in [4.78, 5) is 27.7. The summed E-state index contributed by atoms with van der Waals surface area (Å²) in [5, 5.41) is 4.79. The molecule has 0 fully saturated rings. The van der Waals surface area contributed by atoms with Crippen LogP contribution in [0.5, 0.6) is 11.5 Å². The summed E-state index contributed by atoms with van der Waals surface area (Å²) >= 11 is 1.45. The summed E-state index contributed by atoms with van der Waals surface area (Å²) in [5.74, 6) is 0.911. The second-order valence-corrected chi connectivity index (χ2v) is 8.38. The van der Waals surface area contributed by atoms with Crippen LogP contribution in [0.15, 0.2) is 53.9 Å². The molecule has 1 aromatic heterocycles. The van der Waals surface area contributed by atoms with Gasteiger partial charge in [-0.2, -0.15) is 0 Å². The molecule has 0 unspecified atom stereocenters. The second kappa shape index (κ2) is 9.22. The summed E-state index contributed by atoms with van der Waals surface area (Å²) in [7, 11) is 1.57. The van der Waals surface area contributed by atoms with Gasteiger partial charge in [0.1, 0.15) is 0 Å². The first-order valence-electron chi connectivity index (χ1n) is 10.1. The van der Waals surface area contributed by atoms with Crippen molar-refractivity contribution in [1.29, 1.82) is 0 Å². The van der Waals surface area contributed by atoms with Crippen molar-refractivity contribution >= 4 is 28.8 Å². The van der Waals surface area contributed by atoms with Crippen LogP contribution in [0.3, 0.4) is 0 Å². The van der Waals surface area contributed by atoms with E-state index in [4.69, 9.17) is 9.47 Å². The number of carbonyl (C=O) groups excluding carboxylic acids is 2. The van der Waals surface area contributed by atoms with E-state index in [0.717, 1.165) is 22.4 Å². The summed E-state index contributed by atoms with van der Waals surface area (Å²) in [5.41, 5.74) is 3.99. The minimum Gasteiger partial charge on any atom is -0.493 e. The molecule has 0 atom stereocenters. The number of amides is 2. The topological polar surface area (TPSA) is 67.9 Å². The molecule has 4 rings (SSSR count). The monoisotopic (exact) mass is 436 g/mol. The number of rotatable bonds is 6. The Bertz CT molecular complexity index is 1090. The smallest absolute Gasteiger partial charge is 0.264 e. The third-order valence-electron chi connectivity index (χ3n) is 5.20. The van der Waals surface area contributed by atoms with Gasteiger partial charge in [-0.3, -0.25) is 9.59 Å². The van der Waals surface area contributed by atoms with E-state index in [9.17, 15) is 9.59 Å². The van der Waals surface area contributed by atoms with E-state index in [1.807, 2.05) is 59.7 Å². The molecule has 0 bridgehead atoms. The van der Waals surface area contributed by atoms with Crippen LogP contribution in [-0.4, -0.2) is 37.0 Å². The van der Waals surface area contributed by atoms with E-state index in [-0.39, 0.29) is 18.4 Å². The highest BCUT2D eigenvalue weighted by molar-refractivity contribution is 7.12. The van der Waals surface area contributed by atoms with Crippen LogP contribution < -0.4 is 14.8 Å². The zero-order chi connectivity index (χ0) is 21.8. The lowest BCUT2D eigenvalue weighted by Crippen LogP contribution is -2.35. The average molecular weight is 437 g/mol. The van der Waals surface area contributed by atoms with Gasteiger partial charge < -0.3 is 19.7 Å². The maximum Gasteiger partial charge on any atom is 0.264 e. The fraction of sp³-hybridized carbons (Fsp3) is 0.250. The van der Waals surface area contributed by atoms with Crippen LogP contribution in [-0.2, 0) is 17.8 Å². The third-order valence-corrected chi connectivity index (χ3v) is 6.06. The maximum atomic E-state index is 12.7. The zero-order valence-corrected chi connectivity index (χ0v) is 18.3. The molecule has 7 heteroatoms. The molecule has 2 heterocycles. The Morgan fingerprint density at radius 3 is 2.74 bits per heavy atom. The Morgan fingerprint density at radius 1 is 1.10 bits per heavy atom. The van der Waals surface area contributed by atoms with Crippen LogP contribution in [0.4, 0.5) is 5.69 Å². The molecule has 0 radical (unpaired) electrons. The summed E-state index contributed by atoms with van der Waals surface area (Å²) in [6.07, 6.45) is 0.803. The number of hydrogen-bond donors (Lipinski definition) is 1. The number of fused-ring (bicyclic) bond motifs is 1. The fourth-order valence-electron chi connectivity index (χ4n) is 3.60. The van der Waals surface area contributed by atoms with Crippen LogP contribution in [0.25, 0.3) is 0 Å². The number of benzene rings is 2. The lowest BCUT2D eigenvalue weighted by atomic mass is 9.99. The quantitative estimate of drug-likeness (QED) is 0.626. The zero-order valence-electron chi connectivity index (χ0n) is 17.5. The van der Waals surface area contributed by atoms with Gasteiger partial charge in [0.25, 0.3) is 11.8 Å². The molecule has 1 N–H and O–H groups in total. The Kier molecular flexibility index (Phi) is 6.23. The summed E-state index contributed by atoms with van der Waals surface area (Å²) in [6.45, 7) is 3.07. The van der Waals surface area contributed by atoms with E-state index in [1.54, 1.807) is 13.2 Å². The van der Waals surface area contributed by atoms with Crippen molar-refractivity contribution < 1.29 is 19.1 Å². The third kappa shape index (κ3) is 4.88.